The summed E-state index contributed by atoms with van der Waals surface area (Å²) >= 11 is 0. The summed E-state index contributed by atoms with van der Waals surface area (Å²) in [5, 5.41) is 6.40. The van der Waals surface area contributed by atoms with Crippen LogP contribution in [0.3, 0.4) is 0 Å². The van der Waals surface area contributed by atoms with E-state index >= 15 is 0 Å². The van der Waals surface area contributed by atoms with Crippen LogP contribution < -0.4 is 16.4 Å². The summed E-state index contributed by atoms with van der Waals surface area (Å²) in [4.78, 5) is 15.6. The maximum atomic E-state index is 11.1. The van der Waals surface area contributed by atoms with Crippen LogP contribution in [0.15, 0.2) is 29.3 Å². The zero-order chi connectivity index (χ0) is 14.3. The molecule has 0 atom stereocenters. The fourth-order valence-corrected chi connectivity index (χ4v) is 1.59. The van der Waals surface area contributed by atoms with E-state index in [1.807, 2.05) is 19.1 Å². The Morgan fingerprint density at radius 2 is 2.16 bits per heavy atom. The minimum atomic E-state index is -0.418. The average Bonchev–Trinajstić information content (AvgIpc) is 2.36. The minimum absolute atomic E-state index is 0.315. The molecule has 4 N–H and O–H groups in total. The van der Waals surface area contributed by atoms with Crippen molar-refractivity contribution in [1.82, 2.24) is 10.6 Å². The predicted molar refractivity (Wildman–Crippen MR) is 78.0 cm³/mol. The highest BCUT2D eigenvalue weighted by atomic mass is 16.1. The Morgan fingerprint density at radius 1 is 1.42 bits per heavy atom. The van der Waals surface area contributed by atoms with Gasteiger partial charge in [-0.3, -0.25) is 4.79 Å². The van der Waals surface area contributed by atoms with E-state index in [0.717, 1.165) is 18.1 Å². The average molecular weight is 262 g/mol. The molecule has 104 valence electrons. The molecule has 0 fully saturated rings. The zero-order valence-corrected chi connectivity index (χ0v) is 11.7. The highest BCUT2D eigenvalue weighted by Crippen LogP contribution is 2.06. The first-order chi connectivity index (χ1) is 9.02. The Hall–Kier alpha value is -2.04. The molecule has 0 aliphatic carbocycles. The number of aliphatic imine (C=N–C) groups is 1. The van der Waals surface area contributed by atoms with Gasteiger partial charge in [-0.15, -0.1) is 0 Å². The van der Waals surface area contributed by atoms with E-state index in [4.69, 9.17) is 5.73 Å². The molecular weight excluding hydrogens is 240 g/mol. The molecule has 0 radical (unpaired) electrons. The van der Waals surface area contributed by atoms with Crippen LogP contribution >= 0.6 is 0 Å². The number of nitrogens with one attached hydrogen (secondary N) is 2. The normalized spacial score (nSPS) is 11.5. The highest BCUT2D eigenvalue weighted by molar-refractivity contribution is 5.92. The number of hydrogen-bond donors (Lipinski definition) is 3. The first-order valence-electron chi connectivity index (χ1n) is 6.46. The van der Waals surface area contributed by atoms with E-state index in [-0.39, 0.29) is 0 Å². The third-order valence-corrected chi connectivity index (χ3v) is 2.40. The summed E-state index contributed by atoms with van der Waals surface area (Å²) in [6.07, 6.45) is 0. The van der Waals surface area contributed by atoms with Crippen LogP contribution in [-0.4, -0.2) is 24.5 Å². The Morgan fingerprint density at radius 3 is 2.74 bits per heavy atom. The summed E-state index contributed by atoms with van der Waals surface area (Å²) in [6, 6.07) is 7.52. The van der Waals surface area contributed by atoms with Gasteiger partial charge in [-0.1, -0.05) is 12.1 Å². The van der Waals surface area contributed by atoms with Crippen LogP contribution in [0.5, 0.6) is 0 Å². The van der Waals surface area contributed by atoms with Crippen molar-refractivity contribution in [3.63, 3.8) is 0 Å². The van der Waals surface area contributed by atoms with Crippen LogP contribution in [-0.2, 0) is 6.54 Å². The number of hydrogen-bond acceptors (Lipinski definition) is 2. The topological polar surface area (TPSA) is 79.5 Å². The van der Waals surface area contributed by atoms with Gasteiger partial charge in [-0.25, -0.2) is 4.99 Å². The molecule has 0 aliphatic heterocycles. The predicted octanol–water partition coefficient (Wildman–Crippen LogP) is 1.25. The van der Waals surface area contributed by atoms with Gasteiger partial charge in [-0.2, -0.15) is 0 Å². The molecule has 0 spiro atoms. The van der Waals surface area contributed by atoms with Gasteiger partial charge < -0.3 is 16.4 Å². The number of carbonyl (C=O) groups excluding carboxylic acids is 1. The zero-order valence-electron chi connectivity index (χ0n) is 11.7. The van der Waals surface area contributed by atoms with Crippen LogP contribution in [0.2, 0.25) is 0 Å². The van der Waals surface area contributed by atoms with Gasteiger partial charge in [0.25, 0.3) is 0 Å². The van der Waals surface area contributed by atoms with Gasteiger partial charge in [0.05, 0.1) is 6.54 Å². The second-order valence-electron chi connectivity index (χ2n) is 4.56. The number of guanidine groups is 1. The van der Waals surface area contributed by atoms with E-state index in [1.165, 1.54) is 0 Å². The van der Waals surface area contributed by atoms with Gasteiger partial charge >= 0.3 is 0 Å². The van der Waals surface area contributed by atoms with Crippen molar-refractivity contribution in [3.8, 4) is 0 Å². The Labute approximate surface area is 114 Å². The van der Waals surface area contributed by atoms with Crippen LogP contribution in [0, 0.1) is 0 Å². The minimum Gasteiger partial charge on any atom is -0.366 e. The number of rotatable bonds is 5. The van der Waals surface area contributed by atoms with Gasteiger partial charge in [0, 0.05) is 18.2 Å². The van der Waals surface area contributed by atoms with Crippen LogP contribution in [0.1, 0.15) is 36.7 Å². The van der Waals surface area contributed by atoms with Crippen LogP contribution in [0.25, 0.3) is 0 Å². The van der Waals surface area contributed by atoms with Crippen molar-refractivity contribution in [1.29, 1.82) is 0 Å². The highest BCUT2D eigenvalue weighted by Gasteiger charge is 2.02. The lowest BCUT2D eigenvalue weighted by atomic mass is 10.1. The third kappa shape index (κ3) is 5.42. The molecule has 1 amide bonds. The quantitative estimate of drug-likeness (QED) is 0.552. The van der Waals surface area contributed by atoms with E-state index in [0.29, 0.717) is 18.2 Å². The second kappa shape index (κ2) is 7.41. The molecule has 1 aromatic carbocycles. The Kier molecular flexibility index (Phi) is 5.85. The standard InChI is InChI=1S/C14H22N4O/c1-4-16-14(18-10(2)3)17-9-11-6-5-7-12(8-11)13(15)19/h5-8,10H,4,9H2,1-3H3,(H2,15,19)(H2,16,17,18). The number of nitrogens with zero attached hydrogens (tertiary/aromatic N) is 1. The molecular formula is C14H22N4O. The maximum Gasteiger partial charge on any atom is 0.248 e. The number of benzene rings is 1. The number of primary amides is 1. The smallest absolute Gasteiger partial charge is 0.248 e. The molecule has 1 rings (SSSR count). The Bertz CT molecular complexity index is 455. The maximum absolute atomic E-state index is 11.1. The molecule has 0 aliphatic rings. The van der Waals surface area contributed by atoms with Crippen molar-refractivity contribution in [3.05, 3.63) is 35.4 Å². The second-order valence-corrected chi connectivity index (χ2v) is 4.56. The SMILES string of the molecule is CCNC(=NCc1cccc(C(N)=O)c1)NC(C)C. The van der Waals surface area contributed by atoms with Crippen molar-refractivity contribution in [2.75, 3.05) is 6.54 Å². The van der Waals surface area contributed by atoms with E-state index in [1.54, 1.807) is 12.1 Å². The lowest BCUT2D eigenvalue weighted by Gasteiger charge is -2.14. The molecule has 0 aromatic heterocycles. The molecule has 0 bridgehead atoms. The Balaban J connectivity index is 2.76. The lowest BCUT2D eigenvalue weighted by Crippen LogP contribution is -2.41. The summed E-state index contributed by atoms with van der Waals surface area (Å²) in [7, 11) is 0. The molecule has 5 nitrogen and oxygen atoms in total. The van der Waals surface area contributed by atoms with Crippen molar-refractivity contribution in [2.45, 2.75) is 33.4 Å². The van der Waals surface area contributed by atoms with Gasteiger partial charge in [0.1, 0.15) is 0 Å². The number of carbonyl (C=O) groups is 1. The first-order valence-corrected chi connectivity index (χ1v) is 6.46. The molecule has 0 unspecified atom stereocenters. The summed E-state index contributed by atoms with van der Waals surface area (Å²) in [5.74, 6) is 0.347. The molecule has 5 heteroatoms. The lowest BCUT2D eigenvalue weighted by molar-refractivity contribution is 0.1000. The largest absolute Gasteiger partial charge is 0.366 e. The van der Waals surface area contributed by atoms with Gasteiger partial charge in [-0.05, 0) is 38.5 Å². The summed E-state index contributed by atoms with van der Waals surface area (Å²) in [6.45, 7) is 7.44. The number of amides is 1. The van der Waals surface area contributed by atoms with Gasteiger partial charge in [0.15, 0.2) is 5.96 Å². The molecule has 0 saturated heterocycles. The first kappa shape index (κ1) is 15.0. The molecule has 1 aromatic rings. The van der Waals surface area contributed by atoms with E-state index < -0.39 is 5.91 Å². The van der Waals surface area contributed by atoms with E-state index in [9.17, 15) is 4.79 Å². The fourth-order valence-electron chi connectivity index (χ4n) is 1.59. The third-order valence-electron chi connectivity index (χ3n) is 2.40. The van der Waals surface area contributed by atoms with Crippen molar-refractivity contribution < 1.29 is 4.79 Å². The summed E-state index contributed by atoms with van der Waals surface area (Å²) in [5.41, 5.74) is 6.72. The van der Waals surface area contributed by atoms with E-state index in [2.05, 4.69) is 29.5 Å². The van der Waals surface area contributed by atoms with Crippen molar-refractivity contribution >= 4 is 11.9 Å². The fraction of sp³-hybridized carbons (Fsp3) is 0.429. The summed E-state index contributed by atoms with van der Waals surface area (Å²) < 4.78 is 0. The van der Waals surface area contributed by atoms with Gasteiger partial charge in [0.2, 0.25) is 5.91 Å². The van der Waals surface area contributed by atoms with Crippen LogP contribution in [0.4, 0.5) is 0 Å². The number of nitrogens with two attached hydrogens (primary N) is 1. The molecule has 0 saturated carbocycles. The van der Waals surface area contributed by atoms with Crippen molar-refractivity contribution in [2.24, 2.45) is 10.7 Å². The monoisotopic (exact) mass is 262 g/mol. The molecule has 19 heavy (non-hydrogen) atoms. The molecule has 0 heterocycles.